The van der Waals surface area contributed by atoms with E-state index in [1.165, 1.54) is 12.1 Å². The molecular weight excluding hydrogens is 345 g/mol. The van der Waals surface area contributed by atoms with Crippen LogP contribution in [-0.4, -0.2) is 19.1 Å². The van der Waals surface area contributed by atoms with E-state index in [1.807, 2.05) is 0 Å². The molecule has 0 aromatic heterocycles. The molecule has 2 aromatic carbocycles. The van der Waals surface area contributed by atoms with E-state index in [0.29, 0.717) is 12.3 Å². The van der Waals surface area contributed by atoms with E-state index in [4.69, 9.17) is 4.74 Å². The van der Waals surface area contributed by atoms with Gasteiger partial charge in [0.2, 0.25) is 5.91 Å². The molecule has 0 saturated carbocycles. The molecule has 0 heterocycles. The maximum Gasteiger partial charge on any atom is 0.416 e. The highest BCUT2D eigenvalue weighted by molar-refractivity contribution is 5.93. The number of amides is 1. The molecule has 140 valence electrons. The van der Waals surface area contributed by atoms with E-state index < -0.39 is 11.7 Å². The lowest BCUT2D eigenvalue weighted by Gasteiger charge is -2.11. The smallest absolute Gasteiger partial charge is 0.416 e. The minimum Gasteiger partial charge on any atom is -0.494 e. The first kappa shape index (κ1) is 19.6. The van der Waals surface area contributed by atoms with Gasteiger partial charge in [-0.15, -0.1) is 0 Å². The van der Waals surface area contributed by atoms with Crippen molar-refractivity contribution < 1.29 is 22.7 Å². The highest BCUT2D eigenvalue weighted by Crippen LogP contribution is 2.30. The van der Waals surface area contributed by atoms with E-state index >= 15 is 0 Å². The predicted molar refractivity (Wildman–Crippen MR) is 95.4 cm³/mol. The second kappa shape index (κ2) is 9.12. The molecule has 4 nitrogen and oxygen atoms in total. The number of alkyl halides is 3. The van der Waals surface area contributed by atoms with Crippen molar-refractivity contribution in [2.75, 3.05) is 23.8 Å². The van der Waals surface area contributed by atoms with Crippen LogP contribution in [0.25, 0.3) is 0 Å². The normalized spacial score (nSPS) is 11.1. The fraction of sp³-hybridized carbons (Fsp3) is 0.316. The molecule has 26 heavy (non-hydrogen) atoms. The molecule has 2 aromatic rings. The van der Waals surface area contributed by atoms with Gasteiger partial charge in [-0.05, 0) is 48.9 Å². The van der Waals surface area contributed by atoms with Gasteiger partial charge in [-0.2, -0.15) is 13.2 Å². The molecule has 0 fully saturated rings. The molecule has 0 saturated heterocycles. The Hall–Kier alpha value is -2.70. The summed E-state index contributed by atoms with van der Waals surface area (Å²) >= 11 is 0. The molecule has 7 heteroatoms. The summed E-state index contributed by atoms with van der Waals surface area (Å²) in [5.41, 5.74) is 0.0555. The molecule has 0 aliphatic heterocycles. The number of halogens is 3. The van der Waals surface area contributed by atoms with Gasteiger partial charge in [0.25, 0.3) is 0 Å². The van der Waals surface area contributed by atoms with Crippen molar-refractivity contribution in [1.82, 2.24) is 0 Å². The summed E-state index contributed by atoms with van der Waals surface area (Å²) in [6.45, 7) is 2.58. The minimum atomic E-state index is -4.42. The van der Waals surface area contributed by atoms with Gasteiger partial charge < -0.3 is 15.4 Å². The molecule has 2 N–H and O–H groups in total. The number of nitrogens with one attached hydrogen (secondary N) is 2. The molecule has 0 atom stereocenters. The van der Waals surface area contributed by atoms with Gasteiger partial charge in [0.05, 0.1) is 18.7 Å². The highest BCUT2D eigenvalue weighted by Gasteiger charge is 2.30. The summed E-state index contributed by atoms with van der Waals surface area (Å²) in [6, 6.07) is 11.7. The first-order chi connectivity index (χ1) is 12.4. The average Bonchev–Trinajstić information content (AvgIpc) is 2.61. The van der Waals surface area contributed by atoms with Crippen LogP contribution in [0, 0.1) is 0 Å². The van der Waals surface area contributed by atoms with Crippen molar-refractivity contribution >= 4 is 17.3 Å². The Bertz CT molecular complexity index is 715. The number of carbonyl (C=O) groups excluding carboxylic acids is 1. The molecule has 0 aliphatic carbocycles. The Labute approximate surface area is 150 Å². The average molecular weight is 366 g/mol. The summed E-state index contributed by atoms with van der Waals surface area (Å²) in [5, 5.41) is 5.36. The lowest BCUT2D eigenvalue weighted by Crippen LogP contribution is -2.21. The zero-order valence-electron chi connectivity index (χ0n) is 14.4. The molecule has 0 spiro atoms. The number of ether oxygens (including phenoxy) is 1. The topological polar surface area (TPSA) is 50.4 Å². The molecule has 1 amide bonds. The SMILES string of the molecule is CCCCOc1ccc(NC(=O)CNc2cccc(C(F)(F)F)c2)cc1. The quantitative estimate of drug-likeness (QED) is 0.651. The van der Waals surface area contributed by atoms with Crippen molar-refractivity contribution in [3.05, 3.63) is 54.1 Å². The van der Waals surface area contributed by atoms with Crippen LogP contribution in [0.1, 0.15) is 25.3 Å². The van der Waals surface area contributed by atoms with Crippen LogP contribution in [0.4, 0.5) is 24.5 Å². The van der Waals surface area contributed by atoms with E-state index in [0.717, 1.165) is 30.7 Å². The lowest BCUT2D eigenvalue weighted by atomic mass is 10.2. The van der Waals surface area contributed by atoms with Crippen molar-refractivity contribution in [2.45, 2.75) is 25.9 Å². The maximum absolute atomic E-state index is 12.7. The fourth-order valence-electron chi connectivity index (χ4n) is 2.16. The van der Waals surface area contributed by atoms with Gasteiger partial charge in [-0.25, -0.2) is 0 Å². The number of carbonyl (C=O) groups is 1. The Morgan fingerprint density at radius 2 is 1.81 bits per heavy atom. The van der Waals surface area contributed by atoms with E-state index in [-0.39, 0.29) is 18.1 Å². The summed E-state index contributed by atoms with van der Waals surface area (Å²) < 4.78 is 43.5. The van der Waals surface area contributed by atoms with E-state index in [2.05, 4.69) is 17.6 Å². The number of anilines is 2. The Balaban J connectivity index is 1.83. The molecule has 0 radical (unpaired) electrons. The van der Waals surface area contributed by atoms with Gasteiger partial charge in [0.1, 0.15) is 5.75 Å². The van der Waals surface area contributed by atoms with Gasteiger partial charge in [-0.1, -0.05) is 19.4 Å². The first-order valence-electron chi connectivity index (χ1n) is 8.32. The fourth-order valence-corrected chi connectivity index (χ4v) is 2.16. The second-order valence-electron chi connectivity index (χ2n) is 5.71. The molecule has 2 rings (SSSR count). The van der Waals surface area contributed by atoms with Crippen molar-refractivity contribution in [1.29, 1.82) is 0 Å². The number of hydrogen-bond donors (Lipinski definition) is 2. The molecule has 0 unspecified atom stereocenters. The zero-order valence-corrected chi connectivity index (χ0v) is 14.4. The Morgan fingerprint density at radius 1 is 1.08 bits per heavy atom. The summed E-state index contributed by atoms with van der Waals surface area (Å²) in [7, 11) is 0. The first-order valence-corrected chi connectivity index (χ1v) is 8.32. The van der Waals surface area contributed by atoms with Crippen molar-refractivity contribution in [2.24, 2.45) is 0 Å². The summed E-state index contributed by atoms with van der Waals surface area (Å²) in [6.07, 6.45) is -2.40. The Kier molecular flexibility index (Phi) is 6.89. The lowest BCUT2D eigenvalue weighted by molar-refractivity contribution is -0.137. The van der Waals surface area contributed by atoms with Crippen LogP contribution in [0.15, 0.2) is 48.5 Å². The van der Waals surface area contributed by atoms with E-state index in [9.17, 15) is 18.0 Å². The number of hydrogen-bond acceptors (Lipinski definition) is 3. The van der Waals surface area contributed by atoms with Crippen LogP contribution in [-0.2, 0) is 11.0 Å². The van der Waals surface area contributed by atoms with Crippen molar-refractivity contribution in [3.63, 3.8) is 0 Å². The second-order valence-corrected chi connectivity index (χ2v) is 5.71. The summed E-state index contributed by atoms with van der Waals surface area (Å²) in [5.74, 6) is 0.362. The van der Waals surface area contributed by atoms with Crippen LogP contribution in [0.3, 0.4) is 0 Å². The molecule has 0 aliphatic rings. The van der Waals surface area contributed by atoms with Gasteiger partial charge >= 0.3 is 6.18 Å². The van der Waals surface area contributed by atoms with E-state index in [1.54, 1.807) is 24.3 Å². The van der Waals surface area contributed by atoms with Crippen LogP contribution >= 0.6 is 0 Å². The Morgan fingerprint density at radius 3 is 2.46 bits per heavy atom. The predicted octanol–water partition coefficient (Wildman–Crippen LogP) is 4.93. The number of rotatable bonds is 8. The van der Waals surface area contributed by atoms with Crippen LogP contribution < -0.4 is 15.4 Å². The third kappa shape index (κ3) is 6.31. The highest BCUT2D eigenvalue weighted by atomic mass is 19.4. The molecular formula is C19H21F3N2O2. The minimum absolute atomic E-state index is 0.143. The van der Waals surface area contributed by atoms with Gasteiger partial charge in [0, 0.05) is 11.4 Å². The van der Waals surface area contributed by atoms with Crippen LogP contribution in [0.2, 0.25) is 0 Å². The van der Waals surface area contributed by atoms with Crippen molar-refractivity contribution in [3.8, 4) is 5.75 Å². The van der Waals surface area contributed by atoms with Gasteiger partial charge in [0.15, 0.2) is 0 Å². The molecule has 0 bridgehead atoms. The number of unbranched alkanes of at least 4 members (excludes halogenated alkanes) is 1. The van der Waals surface area contributed by atoms with Crippen LogP contribution in [0.5, 0.6) is 5.75 Å². The third-order valence-electron chi connectivity index (χ3n) is 3.55. The third-order valence-corrected chi connectivity index (χ3v) is 3.55. The zero-order chi connectivity index (χ0) is 19.0. The standard InChI is InChI=1S/C19H21F3N2O2/c1-2-3-11-26-17-9-7-15(8-10-17)24-18(25)13-23-16-6-4-5-14(12-16)19(20,21)22/h4-10,12,23H,2-3,11,13H2,1H3,(H,24,25). The largest absolute Gasteiger partial charge is 0.494 e. The van der Waals surface area contributed by atoms with Gasteiger partial charge in [-0.3, -0.25) is 4.79 Å². The monoisotopic (exact) mass is 366 g/mol. The maximum atomic E-state index is 12.7. The summed E-state index contributed by atoms with van der Waals surface area (Å²) in [4.78, 5) is 11.9. The number of benzene rings is 2.